The predicted molar refractivity (Wildman–Crippen MR) is 71.7 cm³/mol. The van der Waals surface area contributed by atoms with E-state index in [0.29, 0.717) is 18.9 Å². The second-order valence-electron chi connectivity index (χ2n) is 4.23. The summed E-state index contributed by atoms with van der Waals surface area (Å²) in [5.41, 5.74) is 5.37. The van der Waals surface area contributed by atoms with E-state index in [1.54, 1.807) is 6.92 Å². The fraction of sp³-hybridized carbons (Fsp3) is 0.615. The van der Waals surface area contributed by atoms with Crippen LogP contribution in [0.15, 0.2) is 6.20 Å². The summed E-state index contributed by atoms with van der Waals surface area (Å²) >= 11 is 0. The van der Waals surface area contributed by atoms with Crippen LogP contribution in [-0.4, -0.2) is 29.2 Å². The van der Waals surface area contributed by atoms with Crippen molar-refractivity contribution in [3.8, 4) is 0 Å². The van der Waals surface area contributed by atoms with Crippen LogP contribution in [0.25, 0.3) is 0 Å². The molecule has 1 aromatic heterocycles. The highest BCUT2D eigenvalue weighted by molar-refractivity contribution is 5.93. The molecule has 0 spiro atoms. The van der Waals surface area contributed by atoms with E-state index in [0.717, 1.165) is 0 Å². The summed E-state index contributed by atoms with van der Waals surface area (Å²) in [5.74, 6) is 0.0754. The average molecular weight is 267 g/mol. The van der Waals surface area contributed by atoms with Crippen LogP contribution in [0.3, 0.4) is 0 Å². The Kier molecular flexibility index (Phi) is 5.23. The zero-order chi connectivity index (χ0) is 14.5. The van der Waals surface area contributed by atoms with Gasteiger partial charge in [-0.1, -0.05) is 6.92 Å². The van der Waals surface area contributed by atoms with Crippen molar-refractivity contribution in [2.75, 3.05) is 18.9 Å². The van der Waals surface area contributed by atoms with Crippen molar-refractivity contribution in [2.45, 2.75) is 39.7 Å². The fourth-order valence-electron chi connectivity index (χ4n) is 1.66. The molecule has 0 aliphatic heterocycles. The van der Waals surface area contributed by atoms with Crippen molar-refractivity contribution in [3.63, 3.8) is 0 Å². The first-order valence-corrected chi connectivity index (χ1v) is 6.42. The van der Waals surface area contributed by atoms with E-state index in [4.69, 9.17) is 15.2 Å². The van der Waals surface area contributed by atoms with Crippen LogP contribution in [0.1, 0.15) is 50.3 Å². The van der Waals surface area contributed by atoms with Gasteiger partial charge in [-0.25, -0.2) is 14.8 Å². The first kappa shape index (κ1) is 15.4. The van der Waals surface area contributed by atoms with Gasteiger partial charge in [-0.15, -0.1) is 0 Å². The van der Waals surface area contributed by atoms with E-state index in [-0.39, 0.29) is 18.0 Å². The van der Waals surface area contributed by atoms with Crippen molar-refractivity contribution in [1.82, 2.24) is 9.97 Å². The molecule has 0 saturated heterocycles. The summed E-state index contributed by atoms with van der Waals surface area (Å²) in [4.78, 5) is 20.0. The number of nitrogen functional groups attached to an aromatic ring is 1. The lowest BCUT2D eigenvalue weighted by Gasteiger charge is -2.26. The lowest BCUT2D eigenvalue weighted by atomic mass is 10.0. The Balaban J connectivity index is 3.08. The van der Waals surface area contributed by atoms with Crippen LogP contribution in [0.4, 0.5) is 5.82 Å². The molecule has 0 amide bonds. The highest BCUT2D eigenvalue weighted by Gasteiger charge is 2.29. The second-order valence-corrected chi connectivity index (χ2v) is 4.23. The van der Waals surface area contributed by atoms with E-state index < -0.39 is 11.6 Å². The molecule has 1 atom stereocenters. The van der Waals surface area contributed by atoms with Gasteiger partial charge in [0.1, 0.15) is 17.0 Å². The van der Waals surface area contributed by atoms with Gasteiger partial charge in [0.05, 0.1) is 6.61 Å². The summed E-state index contributed by atoms with van der Waals surface area (Å²) in [6, 6.07) is 0. The largest absolute Gasteiger partial charge is 0.462 e. The van der Waals surface area contributed by atoms with Crippen molar-refractivity contribution >= 4 is 11.8 Å². The molecule has 0 fully saturated rings. The SMILES string of the molecule is CCOC(=O)c1cnc(C(C)(CC)OCC)nc1N. The summed E-state index contributed by atoms with van der Waals surface area (Å²) in [6.45, 7) is 8.35. The van der Waals surface area contributed by atoms with Crippen LogP contribution >= 0.6 is 0 Å². The molecule has 6 heteroatoms. The molecule has 1 aromatic rings. The maximum absolute atomic E-state index is 11.6. The number of ether oxygens (including phenoxy) is 2. The molecule has 0 saturated carbocycles. The van der Waals surface area contributed by atoms with Crippen molar-refractivity contribution < 1.29 is 14.3 Å². The number of rotatable bonds is 6. The Labute approximate surface area is 113 Å². The minimum Gasteiger partial charge on any atom is -0.462 e. The number of nitrogens with zero attached hydrogens (tertiary/aromatic N) is 2. The Morgan fingerprint density at radius 1 is 1.37 bits per heavy atom. The normalized spacial score (nSPS) is 13.9. The lowest BCUT2D eigenvalue weighted by molar-refractivity contribution is -0.0390. The zero-order valence-electron chi connectivity index (χ0n) is 11.9. The number of nitrogens with two attached hydrogens (primary N) is 1. The average Bonchev–Trinajstić information content (AvgIpc) is 2.39. The number of hydrogen-bond donors (Lipinski definition) is 1. The van der Waals surface area contributed by atoms with Crippen LogP contribution in [0.5, 0.6) is 0 Å². The molecule has 1 heterocycles. The molecule has 2 N–H and O–H groups in total. The van der Waals surface area contributed by atoms with E-state index >= 15 is 0 Å². The van der Waals surface area contributed by atoms with Gasteiger partial charge in [-0.05, 0) is 27.2 Å². The zero-order valence-corrected chi connectivity index (χ0v) is 11.9. The Morgan fingerprint density at radius 2 is 2.05 bits per heavy atom. The van der Waals surface area contributed by atoms with Gasteiger partial charge in [0.25, 0.3) is 0 Å². The molecule has 6 nitrogen and oxygen atoms in total. The molecule has 0 aliphatic carbocycles. The van der Waals surface area contributed by atoms with Gasteiger partial charge in [0, 0.05) is 12.8 Å². The van der Waals surface area contributed by atoms with Crippen LogP contribution in [0, 0.1) is 0 Å². The monoisotopic (exact) mass is 267 g/mol. The van der Waals surface area contributed by atoms with Crippen molar-refractivity contribution in [2.24, 2.45) is 0 Å². The summed E-state index contributed by atoms with van der Waals surface area (Å²) in [6.07, 6.45) is 2.10. The molecule has 0 aliphatic rings. The van der Waals surface area contributed by atoms with E-state index in [1.165, 1.54) is 6.20 Å². The quantitative estimate of drug-likeness (QED) is 0.792. The Morgan fingerprint density at radius 3 is 2.53 bits per heavy atom. The third-order valence-electron chi connectivity index (χ3n) is 2.92. The molecule has 1 unspecified atom stereocenters. The second kappa shape index (κ2) is 6.47. The molecule has 106 valence electrons. The number of anilines is 1. The molecule has 1 rings (SSSR count). The topological polar surface area (TPSA) is 87.3 Å². The van der Waals surface area contributed by atoms with Gasteiger partial charge in [-0.3, -0.25) is 0 Å². The van der Waals surface area contributed by atoms with Crippen molar-refractivity contribution in [1.29, 1.82) is 0 Å². The van der Waals surface area contributed by atoms with Crippen molar-refractivity contribution in [3.05, 3.63) is 17.6 Å². The Bertz CT molecular complexity index is 451. The molecule has 0 bridgehead atoms. The third kappa shape index (κ3) is 3.41. The van der Waals surface area contributed by atoms with Gasteiger partial charge in [-0.2, -0.15) is 0 Å². The Hall–Kier alpha value is -1.69. The summed E-state index contributed by atoms with van der Waals surface area (Å²) in [7, 11) is 0. The number of aromatic nitrogens is 2. The van der Waals surface area contributed by atoms with E-state index in [9.17, 15) is 4.79 Å². The third-order valence-corrected chi connectivity index (χ3v) is 2.92. The van der Waals surface area contributed by atoms with E-state index in [2.05, 4.69) is 9.97 Å². The smallest absolute Gasteiger partial charge is 0.343 e. The summed E-state index contributed by atoms with van der Waals surface area (Å²) < 4.78 is 10.5. The minimum atomic E-state index is -0.601. The summed E-state index contributed by atoms with van der Waals surface area (Å²) in [5, 5.41) is 0. The van der Waals surface area contributed by atoms with Gasteiger partial charge >= 0.3 is 5.97 Å². The number of hydrogen-bond acceptors (Lipinski definition) is 6. The predicted octanol–water partition coefficient (Wildman–Crippen LogP) is 1.90. The van der Waals surface area contributed by atoms with Crippen LogP contribution in [-0.2, 0) is 15.1 Å². The van der Waals surface area contributed by atoms with E-state index in [1.807, 2.05) is 20.8 Å². The lowest BCUT2D eigenvalue weighted by Crippen LogP contribution is -2.28. The fourth-order valence-corrected chi connectivity index (χ4v) is 1.66. The van der Waals surface area contributed by atoms with Crippen LogP contribution < -0.4 is 5.73 Å². The first-order chi connectivity index (χ1) is 8.98. The van der Waals surface area contributed by atoms with Gasteiger partial charge < -0.3 is 15.2 Å². The maximum atomic E-state index is 11.6. The molecular weight excluding hydrogens is 246 g/mol. The first-order valence-electron chi connectivity index (χ1n) is 6.42. The molecule has 0 radical (unpaired) electrons. The van der Waals surface area contributed by atoms with Crippen LogP contribution in [0.2, 0.25) is 0 Å². The standard InChI is InChI=1S/C13H21N3O3/c1-5-13(4,19-7-3)12-15-8-9(10(14)16-12)11(17)18-6-2/h8H,5-7H2,1-4H3,(H2,14,15,16). The van der Waals surface area contributed by atoms with Gasteiger partial charge in [0.15, 0.2) is 5.82 Å². The minimum absolute atomic E-state index is 0.114. The highest BCUT2D eigenvalue weighted by atomic mass is 16.5. The molecular formula is C13H21N3O3. The maximum Gasteiger partial charge on any atom is 0.343 e. The number of carbonyl (C=O) groups is 1. The highest BCUT2D eigenvalue weighted by Crippen LogP contribution is 2.27. The molecule has 19 heavy (non-hydrogen) atoms. The number of carbonyl (C=O) groups excluding carboxylic acids is 1. The molecule has 0 aromatic carbocycles. The van der Waals surface area contributed by atoms with Gasteiger partial charge in [0.2, 0.25) is 0 Å². The number of esters is 1.